The fraction of sp³-hybridized carbons (Fsp3) is 0.200. The van der Waals surface area contributed by atoms with Crippen LogP contribution in [0, 0.1) is 18.3 Å². The number of aromatic nitrogens is 1. The van der Waals surface area contributed by atoms with Gasteiger partial charge < -0.3 is 4.98 Å². The van der Waals surface area contributed by atoms with Gasteiger partial charge in [-0.3, -0.25) is 4.79 Å². The molecule has 2 rings (SSSR count). The van der Waals surface area contributed by atoms with Gasteiger partial charge in [0, 0.05) is 16.2 Å². The molecule has 3 nitrogen and oxygen atoms in total. The molecule has 19 heavy (non-hydrogen) atoms. The number of pyridine rings is 1. The predicted molar refractivity (Wildman–Crippen MR) is 78.3 cm³/mol. The topological polar surface area (TPSA) is 56.6 Å². The molecule has 0 saturated heterocycles. The third-order valence-corrected chi connectivity index (χ3v) is 3.73. The Labute approximate surface area is 116 Å². The van der Waals surface area contributed by atoms with E-state index < -0.39 is 0 Å². The summed E-state index contributed by atoms with van der Waals surface area (Å²) in [6.07, 6.45) is 0. The summed E-state index contributed by atoms with van der Waals surface area (Å²) in [7, 11) is 0. The average molecular weight is 270 g/mol. The molecule has 0 aliphatic carbocycles. The van der Waals surface area contributed by atoms with Crippen LogP contribution in [0.1, 0.15) is 18.2 Å². The maximum atomic E-state index is 11.5. The van der Waals surface area contributed by atoms with Gasteiger partial charge in [0.05, 0.1) is 0 Å². The van der Waals surface area contributed by atoms with Crippen molar-refractivity contribution in [1.29, 1.82) is 5.26 Å². The Kier molecular flexibility index (Phi) is 4.08. The summed E-state index contributed by atoms with van der Waals surface area (Å²) < 4.78 is 0. The zero-order valence-electron chi connectivity index (χ0n) is 10.9. The van der Waals surface area contributed by atoms with E-state index >= 15 is 0 Å². The van der Waals surface area contributed by atoms with Crippen LogP contribution in [0.15, 0.2) is 40.0 Å². The molecule has 1 aromatic carbocycles. The van der Waals surface area contributed by atoms with E-state index in [9.17, 15) is 4.79 Å². The molecule has 1 heterocycles. The fourth-order valence-electron chi connectivity index (χ4n) is 1.90. The van der Waals surface area contributed by atoms with E-state index in [1.54, 1.807) is 17.8 Å². The van der Waals surface area contributed by atoms with E-state index in [-0.39, 0.29) is 11.1 Å². The Morgan fingerprint density at radius 3 is 2.58 bits per heavy atom. The number of hydrogen-bond acceptors (Lipinski definition) is 3. The third kappa shape index (κ3) is 2.88. The van der Waals surface area contributed by atoms with Crippen LogP contribution in [0.2, 0.25) is 0 Å². The highest BCUT2D eigenvalue weighted by molar-refractivity contribution is 7.99. The van der Waals surface area contributed by atoms with Crippen LogP contribution in [0.3, 0.4) is 0 Å². The van der Waals surface area contributed by atoms with Crippen LogP contribution in [0.5, 0.6) is 0 Å². The number of H-pyrrole nitrogens is 1. The summed E-state index contributed by atoms with van der Waals surface area (Å²) in [5, 5.41) is 8.92. The molecule has 0 amide bonds. The number of hydrogen-bond donors (Lipinski definition) is 1. The van der Waals surface area contributed by atoms with Crippen LogP contribution in [0.25, 0.3) is 11.1 Å². The summed E-state index contributed by atoms with van der Waals surface area (Å²) in [4.78, 5) is 15.4. The first-order valence-electron chi connectivity index (χ1n) is 6.03. The summed E-state index contributed by atoms with van der Waals surface area (Å²) in [6, 6.07) is 11.7. The van der Waals surface area contributed by atoms with Gasteiger partial charge in [-0.05, 0) is 36.4 Å². The standard InChI is InChI=1S/C15H14N2OS/c1-3-19-13-6-4-11(5-7-13)14-8-12(9-16)15(18)17-10(14)2/h4-8H,3H2,1-2H3,(H,17,18). The highest BCUT2D eigenvalue weighted by Gasteiger charge is 2.07. The normalized spacial score (nSPS) is 10.2. The van der Waals surface area contributed by atoms with E-state index in [0.717, 1.165) is 22.6 Å². The lowest BCUT2D eigenvalue weighted by molar-refractivity contribution is 1.13. The average Bonchev–Trinajstić information content (AvgIpc) is 2.41. The van der Waals surface area contributed by atoms with Crippen molar-refractivity contribution < 1.29 is 0 Å². The third-order valence-electron chi connectivity index (χ3n) is 2.84. The zero-order valence-corrected chi connectivity index (χ0v) is 11.7. The smallest absolute Gasteiger partial charge is 0.266 e. The maximum absolute atomic E-state index is 11.5. The van der Waals surface area contributed by atoms with Crippen molar-refractivity contribution in [2.45, 2.75) is 18.7 Å². The molecule has 96 valence electrons. The molecule has 0 unspecified atom stereocenters. The fourth-order valence-corrected chi connectivity index (χ4v) is 2.57. The van der Waals surface area contributed by atoms with Gasteiger partial charge in [0.1, 0.15) is 11.6 Å². The Morgan fingerprint density at radius 2 is 2.00 bits per heavy atom. The molecule has 4 heteroatoms. The van der Waals surface area contributed by atoms with Crippen LogP contribution < -0.4 is 5.56 Å². The molecule has 0 aliphatic rings. The van der Waals surface area contributed by atoms with Gasteiger partial charge in [0.25, 0.3) is 5.56 Å². The van der Waals surface area contributed by atoms with Crippen LogP contribution in [0.4, 0.5) is 0 Å². The Bertz CT molecular complexity index is 681. The number of benzene rings is 1. The van der Waals surface area contributed by atoms with Crippen molar-refractivity contribution in [1.82, 2.24) is 4.98 Å². The Hall–Kier alpha value is -1.99. The molecule has 1 aromatic heterocycles. The number of nitrogens with zero attached hydrogens (tertiary/aromatic N) is 1. The lowest BCUT2D eigenvalue weighted by Crippen LogP contribution is -2.11. The lowest BCUT2D eigenvalue weighted by Gasteiger charge is -2.07. The molecule has 0 saturated carbocycles. The quantitative estimate of drug-likeness (QED) is 0.870. The zero-order chi connectivity index (χ0) is 13.8. The molecule has 0 atom stereocenters. The molecule has 0 spiro atoms. The maximum Gasteiger partial charge on any atom is 0.266 e. The van der Waals surface area contributed by atoms with E-state index in [2.05, 4.69) is 24.0 Å². The molecule has 0 aliphatic heterocycles. The van der Waals surface area contributed by atoms with E-state index in [4.69, 9.17) is 5.26 Å². The van der Waals surface area contributed by atoms with Gasteiger partial charge in [-0.15, -0.1) is 11.8 Å². The number of nitriles is 1. The van der Waals surface area contributed by atoms with Crippen LogP contribution in [-0.2, 0) is 0 Å². The Balaban J connectivity index is 2.47. The molecule has 0 radical (unpaired) electrons. The van der Waals surface area contributed by atoms with Crippen molar-refractivity contribution in [3.05, 3.63) is 51.9 Å². The molecular weight excluding hydrogens is 256 g/mol. The number of aromatic amines is 1. The van der Waals surface area contributed by atoms with Crippen molar-refractivity contribution in [2.75, 3.05) is 5.75 Å². The van der Waals surface area contributed by atoms with Crippen molar-refractivity contribution in [3.8, 4) is 17.2 Å². The first kappa shape index (κ1) is 13.4. The van der Waals surface area contributed by atoms with Gasteiger partial charge in [-0.1, -0.05) is 19.1 Å². The first-order valence-corrected chi connectivity index (χ1v) is 7.01. The second-order valence-corrected chi connectivity index (χ2v) is 5.46. The number of rotatable bonds is 3. The minimum Gasteiger partial charge on any atom is -0.325 e. The second kappa shape index (κ2) is 5.77. The number of thioether (sulfide) groups is 1. The molecular formula is C15H14N2OS. The van der Waals surface area contributed by atoms with Gasteiger partial charge in [-0.2, -0.15) is 5.26 Å². The minimum absolute atomic E-state index is 0.146. The van der Waals surface area contributed by atoms with Crippen molar-refractivity contribution >= 4 is 11.8 Å². The minimum atomic E-state index is -0.332. The molecule has 0 bridgehead atoms. The van der Waals surface area contributed by atoms with Gasteiger partial charge in [0.15, 0.2) is 0 Å². The van der Waals surface area contributed by atoms with E-state index in [1.165, 1.54) is 4.90 Å². The number of aryl methyl sites for hydroxylation is 1. The Morgan fingerprint density at radius 1 is 1.32 bits per heavy atom. The van der Waals surface area contributed by atoms with Gasteiger partial charge in [0.2, 0.25) is 0 Å². The molecule has 1 N–H and O–H groups in total. The largest absolute Gasteiger partial charge is 0.325 e. The van der Waals surface area contributed by atoms with Crippen molar-refractivity contribution in [3.63, 3.8) is 0 Å². The first-order chi connectivity index (χ1) is 9.15. The van der Waals surface area contributed by atoms with E-state index in [1.807, 2.05) is 25.1 Å². The molecule has 2 aromatic rings. The lowest BCUT2D eigenvalue weighted by atomic mass is 10.0. The van der Waals surface area contributed by atoms with E-state index in [0.29, 0.717) is 0 Å². The molecule has 0 fully saturated rings. The van der Waals surface area contributed by atoms with Crippen molar-refractivity contribution in [2.24, 2.45) is 0 Å². The monoisotopic (exact) mass is 270 g/mol. The van der Waals surface area contributed by atoms with Crippen LogP contribution in [-0.4, -0.2) is 10.7 Å². The van der Waals surface area contributed by atoms with Gasteiger partial charge >= 0.3 is 0 Å². The SMILES string of the molecule is CCSc1ccc(-c2cc(C#N)c(=O)[nH]c2C)cc1. The highest BCUT2D eigenvalue weighted by Crippen LogP contribution is 2.25. The summed E-state index contributed by atoms with van der Waals surface area (Å²) >= 11 is 1.78. The summed E-state index contributed by atoms with van der Waals surface area (Å²) in [6.45, 7) is 3.95. The highest BCUT2D eigenvalue weighted by atomic mass is 32.2. The second-order valence-electron chi connectivity index (χ2n) is 4.12. The van der Waals surface area contributed by atoms with Crippen LogP contribution >= 0.6 is 11.8 Å². The summed E-state index contributed by atoms with van der Waals surface area (Å²) in [5.74, 6) is 1.04. The predicted octanol–water partition coefficient (Wildman–Crippen LogP) is 3.33. The summed E-state index contributed by atoms with van der Waals surface area (Å²) in [5.41, 5.74) is 2.49. The number of nitrogens with one attached hydrogen (secondary N) is 1. The van der Waals surface area contributed by atoms with Gasteiger partial charge in [-0.25, -0.2) is 0 Å².